The van der Waals surface area contributed by atoms with Crippen LogP contribution in [-0.2, 0) is 13.6 Å². The third kappa shape index (κ3) is 3.19. The molecule has 0 aliphatic heterocycles. The first kappa shape index (κ1) is 14.4. The minimum Gasteiger partial charge on any atom is -0.337 e. The van der Waals surface area contributed by atoms with Crippen LogP contribution in [0, 0.1) is 0 Å². The van der Waals surface area contributed by atoms with Crippen LogP contribution in [-0.4, -0.2) is 31.4 Å². The molecule has 0 bridgehead atoms. The smallest absolute Gasteiger partial charge is 0.254 e. The number of carbonyl (C=O) groups is 1. The lowest BCUT2D eigenvalue weighted by atomic mass is 10.2. The molecule has 1 amide bonds. The Morgan fingerprint density at radius 2 is 2.05 bits per heavy atom. The molecule has 3 rings (SSSR count). The second-order valence-electron chi connectivity index (χ2n) is 5.12. The lowest BCUT2D eigenvalue weighted by molar-refractivity contribution is 0.0724. The van der Waals surface area contributed by atoms with Crippen LogP contribution in [0.3, 0.4) is 0 Å². The molecule has 7 heteroatoms. The molecule has 1 saturated carbocycles. The number of rotatable bonds is 4. The molecule has 0 aromatic carbocycles. The molecule has 21 heavy (non-hydrogen) atoms. The Morgan fingerprint density at radius 3 is 2.57 bits per heavy atom. The number of imidazole rings is 1. The van der Waals surface area contributed by atoms with Gasteiger partial charge in [0.2, 0.25) is 0 Å². The zero-order valence-electron chi connectivity index (χ0n) is 11.5. The van der Waals surface area contributed by atoms with Gasteiger partial charge in [0.25, 0.3) is 5.91 Å². The highest BCUT2D eigenvalue weighted by molar-refractivity contribution is 6.33. The number of carbonyl (C=O) groups excluding carboxylic acids is 1. The van der Waals surface area contributed by atoms with Crippen LogP contribution in [0.25, 0.3) is 0 Å². The Balaban J connectivity index is 1.86. The number of amides is 1. The summed E-state index contributed by atoms with van der Waals surface area (Å²) in [6.45, 7) is 0.477. The van der Waals surface area contributed by atoms with Crippen molar-refractivity contribution in [1.82, 2.24) is 19.4 Å². The minimum atomic E-state index is -0.0910. The van der Waals surface area contributed by atoms with E-state index in [9.17, 15) is 4.79 Å². The van der Waals surface area contributed by atoms with E-state index in [2.05, 4.69) is 9.97 Å². The normalized spacial score (nSPS) is 14.2. The van der Waals surface area contributed by atoms with Gasteiger partial charge in [-0.25, -0.2) is 9.97 Å². The Labute approximate surface area is 132 Å². The summed E-state index contributed by atoms with van der Waals surface area (Å²) in [5.41, 5.74) is 0.459. The van der Waals surface area contributed by atoms with Crippen molar-refractivity contribution in [2.45, 2.75) is 25.4 Å². The quantitative estimate of drug-likeness (QED) is 0.812. The Morgan fingerprint density at radius 1 is 1.38 bits per heavy atom. The van der Waals surface area contributed by atoms with Crippen molar-refractivity contribution in [3.63, 3.8) is 0 Å². The molecular formula is C14H14Cl2N4O. The Kier molecular flexibility index (Phi) is 3.87. The van der Waals surface area contributed by atoms with Gasteiger partial charge in [-0.05, 0) is 25.0 Å². The average Bonchev–Trinajstić information content (AvgIpc) is 3.18. The molecule has 5 nitrogen and oxygen atoms in total. The van der Waals surface area contributed by atoms with Crippen molar-refractivity contribution in [3.8, 4) is 0 Å². The van der Waals surface area contributed by atoms with Crippen LogP contribution in [0.4, 0.5) is 0 Å². The van der Waals surface area contributed by atoms with Crippen molar-refractivity contribution in [2.24, 2.45) is 7.05 Å². The highest BCUT2D eigenvalue weighted by Gasteiger charge is 2.34. The maximum absolute atomic E-state index is 12.7. The predicted octanol–water partition coefficient (Wildman–Crippen LogP) is 2.93. The van der Waals surface area contributed by atoms with Gasteiger partial charge in [-0.3, -0.25) is 4.79 Å². The standard InChI is InChI=1S/C14H14Cl2N4O/c1-19-5-4-17-13(19)8-20(10-2-3-10)14(21)9-6-11(15)18-12(16)7-9/h4-7,10H,2-3,8H2,1H3. The number of hydrogen-bond donors (Lipinski definition) is 0. The van der Waals surface area contributed by atoms with Gasteiger partial charge in [0, 0.05) is 31.0 Å². The first-order chi connectivity index (χ1) is 10.0. The molecule has 2 aromatic rings. The number of aryl methyl sites for hydroxylation is 1. The van der Waals surface area contributed by atoms with Gasteiger partial charge in [-0.1, -0.05) is 23.2 Å². The van der Waals surface area contributed by atoms with E-state index in [0.717, 1.165) is 18.7 Å². The molecule has 0 N–H and O–H groups in total. The first-order valence-electron chi connectivity index (χ1n) is 6.65. The van der Waals surface area contributed by atoms with Crippen molar-refractivity contribution in [2.75, 3.05) is 0 Å². The van der Waals surface area contributed by atoms with E-state index < -0.39 is 0 Å². The van der Waals surface area contributed by atoms with Crippen LogP contribution in [0.15, 0.2) is 24.5 Å². The predicted molar refractivity (Wildman–Crippen MR) is 80.4 cm³/mol. The first-order valence-corrected chi connectivity index (χ1v) is 7.40. The van der Waals surface area contributed by atoms with Gasteiger partial charge in [0.15, 0.2) is 0 Å². The number of nitrogens with zero attached hydrogens (tertiary/aromatic N) is 4. The molecule has 0 atom stereocenters. The molecule has 1 aliphatic rings. The fourth-order valence-electron chi connectivity index (χ4n) is 2.21. The molecule has 0 unspecified atom stereocenters. The van der Waals surface area contributed by atoms with Crippen LogP contribution in [0.1, 0.15) is 29.0 Å². The molecule has 0 radical (unpaired) electrons. The number of aromatic nitrogens is 3. The summed E-state index contributed by atoms with van der Waals surface area (Å²) in [6.07, 6.45) is 5.63. The van der Waals surface area contributed by atoms with Crippen molar-refractivity contribution in [3.05, 3.63) is 46.2 Å². The molecule has 0 spiro atoms. The van der Waals surface area contributed by atoms with Gasteiger partial charge < -0.3 is 9.47 Å². The molecule has 1 aliphatic carbocycles. The summed E-state index contributed by atoms with van der Waals surface area (Å²) in [5, 5.41) is 0.442. The highest BCUT2D eigenvalue weighted by atomic mass is 35.5. The molecule has 110 valence electrons. The maximum Gasteiger partial charge on any atom is 0.254 e. The zero-order valence-corrected chi connectivity index (χ0v) is 13.0. The highest BCUT2D eigenvalue weighted by Crippen LogP contribution is 2.30. The van der Waals surface area contributed by atoms with E-state index in [1.54, 1.807) is 18.3 Å². The summed E-state index contributed by atoms with van der Waals surface area (Å²) >= 11 is 11.8. The van der Waals surface area contributed by atoms with E-state index in [-0.39, 0.29) is 22.3 Å². The minimum absolute atomic E-state index is 0.0910. The van der Waals surface area contributed by atoms with Crippen LogP contribution < -0.4 is 0 Å². The summed E-state index contributed by atoms with van der Waals surface area (Å²) in [4.78, 5) is 22.7. The van der Waals surface area contributed by atoms with Crippen LogP contribution in [0.5, 0.6) is 0 Å². The van der Waals surface area contributed by atoms with Gasteiger partial charge in [-0.15, -0.1) is 0 Å². The fraction of sp³-hybridized carbons (Fsp3) is 0.357. The van der Waals surface area contributed by atoms with E-state index >= 15 is 0 Å². The lowest BCUT2D eigenvalue weighted by Crippen LogP contribution is -2.33. The second kappa shape index (κ2) is 5.66. The topological polar surface area (TPSA) is 51.0 Å². The SMILES string of the molecule is Cn1ccnc1CN(C(=O)c1cc(Cl)nc(Cl)c1)C1CC1. The van der Waals surface area contributed by atoms with Gasteiger partial charge in [0.05, 0.1) is 6.54 Å². The van der Waals surface area contributed by atoms with E-state index in [1.807, 2.05) is 22.7 Å². The monoisotopic (exact) mass is 324 g/mol. The summed E-state index contributed by atoms with van der Waals surface area (Å²) in [6, 6.07) is 3.35. The number of hydrogen-bond acceptors (Lipinski definition) is 3. The van der Waals surface area contributed by atoms with E-state index in [1.165, 1.54) is 0 Å². The molecule has 2 heterocycles. The Bertz CT molecular complexity index is 661. The summed E-state index contributed by atoms with van der Waals surface area (Å²) in [7, 11) is 1.91. The number of halogens is 2. The average molecular weight is 325 g/mol. The van der Waals surface area contributed by atoms with Crippen LogP contribution >= 0.6 is 23.2 Å². The fourth-order valence-corrected chi connectivity index (χ4v) is 2.67. The van der Waals surface area contributed by atoms with Crippen molar-refractivity contribution in [1.29, 1.82) is 0 Å². The largest absolute Gasteiger partial charge is 0.337 e. The summed E-state index contributed by atoms with van der Waals surface area (Å²) < 4.78 is 1.91. The second-order valence-corrected chi connectivity index (χ2v) is 5.89. The Hall–Kier alpha value is -1.59. The van der Waals surface area contributed by atoms with Gasteiger partial charge in [-0.2, -0.15) is 0 Å². The molecule has 1 fully saturated rings. The molecule has 0 saturated heterocycles. The van der Waals surface area contributed by atoms with E-state index in [0.29, 0.717) is 12.1 Å². The maximum atomic E-state index is 12.7. The zero-order chi connectivity index (χ0) is 15.0. The third-order valence-corrected chi connectivity index (χ3v) is 3.88. The van der Waals surface area contributed by atoms with Crippen molar-refractivity contribution >= 4 is 29.1 Å². The molecule has 2 aromatic heterocycles. The third-order valence-electron chi connectivity index (χ3n) is 3.49. The summed E-state index contributed by atoms with van der Waals surface area (Å²) in [5.74, 6) is 0.758. The van der Waals surface area contributed by atoms with Gasteiger partial charge in [0.1, 0.15) is 16.1 Å². The van der Waals surface area contributed by atoms with Gasteiger partial charge >= 0.3 is 0 Å². The van der Waals surface area contributed by atoms with Crippen molar-refractivity contribution < 1.29 is 4.79 Å². The van der Waals surface area contributed by atoms with E-state index in [4.69, 9.17) is 23.2 Å². The molecular weight excluding hydrogens is 311 g/mol. The van der Waals surface area contributed by atoms with Crippen LogP contribution in [0.2, 0.25) is 10.3 Å². The number of pyridine rings is 1. The lowest BCUT2D eigenvalue weighted by Gasteiger charge is -2.22.